The zero-order chi connectivity index (χ0) is 22.8. The van der Waals surface area contributed by atoms with E-state index in [-0.39, 0.29) is 28.3 Å². The van der Waals surface area contributed by atoms with Crippen LogP contribution >= 0.6 is 11.8 Å². The van der Waals surface area contributed by atoms with E-state index in [1.54, 1.807) is 36.8 Å². The standard InChI is InChI=1S/C26H27NO5S/c1-2-11-27-12-10-25-22-17-4-5-18(28)23(22)32-24(25)19(7-9-26(25,30)20(27)14-17)33-21(29)6-3-16-8-13-31-15-16/h2-6,8,13,15,19-20,24,28,30H,1,7,9-12,14H2/b6-3+/t19-,20+,24-,25-,26+/m0/s1. The number of furan rings is 1. The molecule has 5 atom stereocenters. The number of aromatic hydroxyl groups is 1. The fourth-order valence-electron chi connectivity index (χ4n) is 6.81. The van der Waals surface area contributed by atoms with Crippen molar-refractivity contribution in [3.05, 3.63) is 66.1 Å². The van der Waals surface area contributed by atoms with Crippen LogP contribution in [0.3, 0.4) is 0 Å². The molecule has 0 amide bonds. The molecule has 2 aliphatic carbocycles. The number of phenols is 1. The molecule has 1 aromatic carbocycles. The quantitative estimate of drug-likeness (QED) is 0.515. The van der Waals surface area contributed by atoms with Crippen molar-refractivity contribution in [1.82, 2.24) is 4.90 Å². The summed E-state index contributed by atoms with van der Waals surface area (Å²) in [5.41, 5.74) is 1.34. The smallest absolute Gasteiger partial charge is 0.212 e. The summed E-state index contributed by atoms with van der Waals surface area (Å²) in [6, 6.07) is 5.43. The summed E-state index contributed by atoms with van der Waals surface area (Å²) in [7, 11) is 0. The van der Waals surface area contributed by atoms with Gasteiger partial charge in [0.15, 0.2) is 11.5 Å². The van der Waals surface area contributed by atoms with Gasteiger partial charge >= 0.3 is 0 Å². The van der Waals surface area contributed by atoms with E-state index in [1.807, 2.05) is 12.1 Å². The maximum Gasteiger partial charge on any atom is 0.212 e. The average Bonchev–Trinajstić information content (AvgIpc) is 3.43. The summed E-state index contributed by atoms with van der Waals surface area (Å²) in [5.74, 6) is 0.613. The zero-order valence-corrected chi connectivity index (χ0v) is 19.1. The fraction of sp³-hybridized carbons (Fsp3) is 0.423. The van der Waals surface area contributed by atoms with Crippen molar-refractivity contribution in [2.45, 2.75) is 54.1 Å². The van der Waals surface area contributed by atoms with Gasteiger partial charge in [0.1, 0.15) is 6.10 Å². The van der Waals surface area contributed by atoms with E-state index in [2.05, 4.69) is 11.5 Å². The molecule has 6 rings (SSSR count). The highest BCUT2D eigenvalue weighted by Crippen LogP contribution is 2.66. The molecule has 2 N–H and O–H groups in total. The molecule has 2 aliphatic heterocycles. The van der Waals surface area contributed by atoms with Crippen LogP contribution in [0.15, 0.2) is 53.9 Å². The second-order valence-electron chi connectivity index (χ2n) is 9.54. The third-order valence-corrected chi connectivity index (χ3v) is 9.26. The largest absolute Gasteiger partial charge is 0.504 e. The number of hydrogen-bond donors (Lipinski definition) is 2. The lowest BCUT2D eigenvalue weighted by molar-refractivity contribution is -0.181. The molecule has 1 spiro atoms. The molecule has 7 heteroatoms. The molecule has 2 aromatic rings. The molecule has 1 aromatic heterocycles. The number of carbonyl (C=O) groups excluding carboxylic acids is 1. The highest BCUT2D eigenvalue weighted by atomic mass is 32.2. The van der Waals surface area contributed by atoms with E-state index in [0.29, 0.717) is 18.6 Å². The number of hydrogen-bond acceptors (Lipinski definition) is 7. The van der Waals surface area contributed by atoms with Gasteiger partial charge in [-0.2, -0.15) is 0 Å². The van der Waals surface area contributed by atoms with Crippen LogP contribution in [0.2, 0.25) is 0 Å². The van der Waals surface area contributed by atoms with Crippen molar-refractivity contribution in [3.63, 3.8) is 0 Å². The maximum atomic E-state index is 12.8. The first-order valence-corrected chi connectivity index (χ1v) is 12.4. The number of rotatable bonds is 5. The first-order valence-electron chi connectivity index (χ1n) is 11.5. The molecule has 4 aliphatic rings. The van der Waals surface area contributed by atoms with Gasteiger partial charge in [0.2, 0.25) is 5.12 Å². The van der Waals surface area contributed by atoms with E-state index in [0.717, 1.165) is 42.6 Å². The van der Waals surface area contributed by atoms with Crippen molar-refractivity contribution in [1.29, 1.82) is 0 Å². The third-order valence-electron chi connectivity index (χ3n) is 8.10. The topological polar surface area (TPSA) is 83.1 Å². The van der Waals surface area contributed by atoms with E-state index in [9.17, 15) is 15.0 Å². The normalized spacial score (nSPS) is 34.2. The Kier molecular flexibility index (Phi) is 4.80. The number of likely N-dealkylation sites (tertiary alicyclic amines) is 1. The van der Waals surface area contributed by atoms with E-state index < -0.39 is 11.0 Å². The lowest BCUT2D eigenvalue weighted by Crippen LogP contribution is -2.76. The summed E-state index contributed by atoms with van der Waals surface area (Å²) in [6.45, 7) is 5.46. The minimum absolute atomic E-state index is 0.0408. The predicted octanol–water partition coefficient (Wildman–Crippen LogP) is 3.67. The minimum Gasteiger partial charge on any atom is -0.504 e. The van der Waals surface area contributed by atoms with Gasteiger partial charge in [0, 0.05) is 23.7 Å². The highest BCUT2D eigenvalue weighted by molar-refractivity contribution is 8.14. The Morgan fingerprint density at radius 2 is 2.21 bits per heavy atom. The van der Waals surface area contributed by atoms with Crippen LogP contribution in [-0.4, -0.2) is 56.3 Å². The Morgan fingerprint density at radius 1 is 1.33 bits per heavy atom. The Labute approximate surface area is 196 Å². The molecule has 3 heterocycles. The van der Waals surface area contributed by atoms with Crippen LogP contribution in [0.4, 0.5) is 0 Å². The second kappa shape index (κ2) is 7.52. The first-order chi connectivity index (χ1) is 16.0. The van der Waals surface area contributed by atoms with Gasteiger partial charge in [-0.1, -0.05) is 23.9 Å². The molecule has 2 fully saturated rings. The number of nitrogens with zero attached hydrogens (tertiary/aromatic N) is 1. The maximum absolute atomic E-state index is 12.8. The van der Waals surface area contributed by atoms with Gasteiger partial charge < -0.3 is 19.4 Å². The highest BCUT2D eigenvalue weighted by Gasteiger charge is 2.72. The van der Waals surface area contributed by atoms with Crippen molar-refractivity contribution >= 4 is 23.0 Å². The fourth-order valence-corrected chi connectivity index (χ4v) is 7.91. The number of phenolic OH excluding ortho intramolecular Hbond substituents is 1. The SMILES string of the molecule is C=CCN1CC[C@]23c4c5ccc(O)c4O[C@H]2[C@@H](SC(=O)/C=C/c2ccoc2)CC[C@@]3(O)[C@H]1C5. The van der Waals surface area contributed by atoms with Gasteiger partial charge in [-0.15, -0.1) is 6.58 Å². The van der Waals surface area contributed by atoms with Crippen LogP contribution in [-0.2, 0) is 16.6 Å². The number of carbonyl (C=O) groups is 1. The molecule has 0 radical (unpaired) electrons. The Balaban J connectivity index is 1.38. The van der Waals surface area contributed by atoms with Crippen LogP contribution < -0.4 is 4.74 Å². The second-order valence-corrected chi connectivity index (χ2v) is 10.8. The molecule has 33 heavy (non-hydrogen) atoms. The van der Waals surface area contributed by atoms with Crippen molar-refractivity contribution in [2.24, 2.45) is 0 Å². The average molecular weight is 466 g/mol. The van der Waals surface area contributed by atoms with Crippen LogP contribution in [0, 0.1) is 0 Å². The number of benzene rings is 1. The van der Waals surface area contributed by atoms with Crippen LogP contribution in [0.1, 0.15) is 36.0 Å². The van der Waals surface area contributed by atoms with Crippen molar-refractivity contribution in [3.8, 4) is 11.5 Å². The summed E-state index contributed by atoms with van der Waals surface area (Å²) < 4.78 is 11.5. The predicted molar refractivity (Wildman–Crippen MR) is 126 cm³/mol. The lowest BCUT2D eigenvalue weighted by atomic mass is 9.49. The molecule has 1 saturated carbocycles. The Hall–Kier alpha value is -2.48. The van der Waals surface area contributed by atoms with Gasteiger partial charge in [-0.05, 0) is 62.1 Å². The number of aliphatic hydroxyl groups is 1. The lowest BCUT2D eigenvalue weighted by Gasteiger charge is -2.64. The summed E-state index contributed by atoms with van der Waals surface area (Å²) in [5, 5.41) is 22.8. The molecule has 2 bridgehead atoms. The molecule has 0 unspecified atom stereocenters. The van der Waals surface area contributed by atoms with Gasteiger partial charge in [-0.25, -0.2) is 0 Å². The zero-order valence-electron chi connectivity index (χ0n) is 18.3. The van der Waals surface area contributed by atoms with Crippen LogP contribution in [0.5, 0.6) is 11.5 Å². The minimum atomic E-state index is -0.974. The van der Waals surface area contributed by atoms with Crippen molar-refractivity contribution < 1.29 is 24.2 Å². The number of ether oxygens (including phenoxy) is 1. The molecule has 172 valence electrons. The number of thioether (sulfide) groups is 1. The summed E-state index contributed by atoms with van der Waals surface area (Å²) >= 11 is 1.27. The van der Waals surface area contributed by atoms with E-state index >= 15 is 0 Å². The monoisotopic (exact) mass is 465 g/mol. The molecular weight excluding hydrogens is 438 g/mol. The number of piperidine rings is 1. The molecule has 6 nitrogen and oxygen atoms in total. The van der Waals surface area contributed by atoms with Crippen molar-refractivity contribution in [2.75, 3.05) is 13.1 Å². The first kappa shape index (κ1) is 21.1. The molecule has 1 saturated heterocycles. The Morgan fingerprint density at radius 3 is 3.00 bits per heavy atom. The third kappa shape index (κ3) is 2.85. The van der Waals surface area contributed by atoms with Gasteiger partial charge in [0.05, 0.1) is 28.8 Å². The summed E-state index contributed by atoms with van der Waals surface area (Å²) in [4.78, 5) is 15.2. The summed E-state index contributed by atoms with van der Waals surface area (Å²) in [6.07, 6.45) is 10.7. The van der Waals surface area contributed by atoms with E-state index in [1.165, 1.54) is 11.8 Å². The van der Waals surface area contributed by atoms with Gasteiger partial charge in [0.25, 0.3) is 0 Å². The van der Waals surface area contributed by atoms with Crippen LogP contribution in [0.25, 0.3) is 6.08 Å². The molecular formula is C26H27NO5S. The van der Waals surface area contributed by atoms with E-state index in [4.69, 9.17) is 9.15 Å². The van der Waals surface area contributed by atoms with Gasteiger partial charge in [-0.3, -0.25) is 9.69 Å². The Bertz CT molecular complexity index is 1140.